The van der Waals surface area contributed by atoms with Crippen LogP contribution < -0.4 is 0 Å². The van der Waals surface area contributed by atoms with Crippen molar-refractivity contribution in [1.82, 2.24) is 0 Å². The Labute approximate surface area is 79.0 Å². The topological polar surface area (TPSA) is 47.9 Å². The van der Waals surface area contributed by atoms with Gasteiger partial charge >= 0.3 is 5.97 Å². The second-order valence-electron chi connectivity index (χ2n) is 2.34. The first kappa shape index (κ1) is 9.51. The fraction of sp³-hybridized carbons (Fsp3) is 0.714. The van der Waals surface area contributed by atoms with Crippen LogP contribution in [0.1, 0.15) is 13.3 Å². The van der Waals surface area contributed by atoms with Gasteiger partial charge in [0.25, 0.3) is 0 Å². The molecule has 0 radical (unpaired) electrons. The fourth-order valence-electron chi connectivity index (χ4n) is 0.846. The summed E-state index contributed by atoms with van der Waals surface area (Å²) in [5, 5.41) is 4.30. The van der Waals surface area contributed by atoms with Crippen molar-refractivity contribution in [1.29, 1.82) is 0 Å². The lowest BCUT2D eigenvalue weighted by atomic mass is 10.2. The van der Waals surface area contributed by atoms with Gasteiger partial charge in [-0.1, -0.05) is 21.1 Å². The van der Waals surface area contributed by atoms with E-state index in [9.17, 15) is 4.79 Å². The lowest BCUT2D eigenvalue weighted by Gasteiger charge is -2.00. The SMILES string of the molecule is CCOC(=O)C1=NOC(CBr)C1. The van der Waals surface area contributed by atoms with Gasteiger partial charge in [0.05, 0.1) is 6.61 Å². The zero-order valence-corrected chi connectivity index (χ0v) is 8.33. The molecule has 0 aromatic carbocycles. The van der Waals surface area contributed by atoms with Crippen LogP contribution in [0.2, 0.25) is 0 Å². The normalized spacial score (nSPS) is 21.5. The Morgan fingerprint density at radius 3 is 3.17 bits per heavy atom. The molecule has 1 atom stereocenters. The summed E-state index contributed by atoms with van der Waals surface area (Å²) in [6, 6.07) is 0. The van der Waals surface area contributed by atoms with E-state index < -0.39 is 0 Å². The van der Waals surface area contributed by atoms with E-state index in [1.54, 1.807) is 6.92 Å². The van der Waals surface area contributed by atoms with Crippen LogP contribution in [0.15, 0.2) is 5.16 Å². The van der Waals surface area contributed by atoms with Crippen molar-refractivity contribution in [3.05, 3.63) is 0 Å². The third kappa shape index (κ3) is 2.20. The summed E-state index contributed by atoms with van der Waals surface area (Å²) in [6.07, 6.45) is 0.508. The number of hydrogen-bond donors (Lipinski definition) is 0. The number of carbonyl (C=O) groups is 1. The highest BCUT2D eigenvalue weighted by atomic mass is 79.9. The molecule has 1 rings (SSSR count). The van der Waals surface area contributed by atoms with E-state index in [2.05, 4.69) is 21.1 Å². The van der Waals surface area contributed by atoms with Gasteiger partial charge < -0.3 is 9.57 Å². The molecule has 1 unspecified atom stereocenters. The smallest absolute Gasteiger partial charge is 0.356 e. The van der Waals surface area contributed by atoms with Gasteiger partial charge in [0.15, 0.2) is 5.71 Å². The van der Waals surface area contributed by atoms with Gasteiger partial charge in [-0.3, -0.25) is 0 Å². The maximum Gasteiger partial charge on any atom is 0.356 e. The molecular weight excluding hydrogens is 226 g/mol. The number of halogens is 1. The molecule has 0 bridgehead atoms. The van der Waals surface area contributed by atoms with E-state index in [1.165, 1.54) is 0 Å². The van der Waals surface area contributed by atoms with Crippen LogP contribution in [0.4, 0.5) is 0 Å². The van der Waals surface area contributed by atoms with E-state index in [0.29, 0.717) is 24.1 Å². The van der Waals surface area contributed by atoms with Crippen molar-refractivity contribution >= 4 is 27.6 Å². The molecule has 0 spiro atoms. The first-order valence-corrected chi connectivity index (χ1v) is 4.85. The predicted molar refractivity (Wildman–Crippen MR) is 47.4 cm³/mol. The number of hydrogen-bond acceptors (Lipinski definition) is 4. The van der Waals surface area contributed by atoms with Gasteiger partial charge in [-0.15, -0.1) is 0 Å². The molecule has 4 nitrogen and oxygen atoms in total. The Bertz CT molecular complexity index is 205. The van der Waals surface area contributed by atoms with Crippen molar-refractivity contribution in [2.45, 2.75) is 19.4 Å². The van der Waals surface area contributed by atoms with E-state index in [4.69, 9.17) is 9.57 Å². The highest BCUT2D eigenvalue weighted by molar-refractivity contribution is 9.09. The highest BCUT2D eigenvalue weighted by Crippen LogP contribution is 2.13. The summed E-state index contributed by atoms with van der Waals surface area (Å²) >= 11 is 3.24. The van der Waals surface area contributed by atoms with Gasteiger partial charge in [-0.2, -0.15) is 0 Å². The molecule has 0 saturated carbocycles. The zero-order chi connectivity index (χ0) is 8.97. The second-order valence-corrected chi connectivity index (χ2v) is 2.99. The van der Waals surface area contributed by atoms with Crippen LogP contribution >= 0.6 is 15.9 Å². The second kappa shape index (κ2) is 4.45. The number of carbonyl (C=O) groups excluding carboxylic acids is 1. The number of esters is 1. The standard InChI is InChI=1S/C7H10BrNO3/c1-2-11-7(10)6-3-5(4-8)12-9-6/h5H,2-4H2,1H3. The lowest BCUT2D eigenvalue weighted by molar-refractivity contribution is -0.135. The molecule has 0 saturated heterocycles. The Morgan fingerprint density at radius 1 is 1.92 bits per heavy atom. The summed E-state index contributed by atoms with van der Waals surface area (Å²) < 4.78 is 4.75. The van der Waals surface area contributed by atoms with Crippen molar-refractivity contribution in [3.63, 3.8) is 0 Å². The largest absolute Gasteiger partial charge is 0.461 e. The average molecular weight is 236 g/mol. The van der Waals surface area contributed by atoms with Gasteiger partial charge in [-0.05, 0) is 6.92 Å². The molecule has 68 valence electrons. The number of nitrogens with zero attached hydrogens (tertiary/aromatic N) is 1. The van der Waals surface area contributed by atoms with E-state index >= 15 is 0 Å². The molecule has 1 heterocycles. The first-order valence-electron chi connectivity index (χ1n) is 3.73. The monoisotopic (exact) mass is 235 g/mol. The van der Waals surface area contributed by atoms with Crippen molar-refractivity contribution in [2.24, 2.45) is 5.16 Å². The van der Waals surface area contributed by atoms with Gasteiger partial charge in [0.1, 0.15) is 6.10 Å². The van der Waals surface area contributed by atoms with Crippen LogP contribution in [0.25, 0.3) is 0 Å². The van der Waals surface area contributed by atoms with Gasteiger partial charge in [0.2, 0.25) is 0 Å². The Kier molecular flexibility index (Phi) is 3.52. The van der Waals surface area contributed by atoms with Crippen LogP contribution in [-0.4, -0.2) is 29.7 Å². The summed E-state index contributed by atoms with van der Waals surface area (Å²) in [6.45, 7) is 2.13. The van der Waals surface area contributed by atoms with Crippen LogP contribution in [0.5, 0.6) is 0 Å². The van der Waals surface area contributed by atoms with Crippen molar-refractivity contribution < 1.29 is 14.4 Å². The molecule has 12 heavy (non-hydrogen) atoms. The van der Waals surface area contributed by atoms with Crippen LogP contribution in [-0.2, 0) is 14.4 Å². The Hall–Kier alpha value is -0.580. The molecule has 0 aromatic heterocycles. The van der Waals surface area contributed by atoms with Crippen molar-refractivity contribution in [3.8, 4) is 0 Å². The van der Waals surface area contributed by atoms with Gasteiger partial charge in [0, 0.05) is 11.8 Å². The number of alkyl halides is 1. The summed E-state index contributed by atoms with van der Waals surface area (Å²) in [4.78, 5) is 16.0. The first-order chi connectivity index (χ1) is 5.77. The third-order valence-electron chi connectivity index (χ3n) is 1.42. The maximum absolute atomic E-state index is 11.1. The maximum atomic E-state index is 11.1. The van der Waals surface area contributed by atoms with E-state index in [0.717, 1.165) is 0 Å². The molecule has 0 aromatic rings. The molecule has 1 aliphatic rings. The Morgan fingerprint density at radius 2 is 2.67 bits per heavy atom. The minimum absolute atomic E-state index is 0.0237. The molecular formula is C7H10BrNO3. The molecule has 0 fully saturated rings. The summed E-state index contributed by atoms with van der Waals surface area (Å²) in [7, 11) is 0. The zero-order valence-electron chi connectivity index (χ0n) is 6.75. The fourth-order valence-corrected chi connectivity index (χ4v) is 1.19. The molecule has 0 N–H and O–H groups in total. The summed E-state index contributed by atoms with van der Waals surface area (Å²) in [5.41, 5.74) is 0.376. The average Bonchev–Trinajstić information content (AvgIpc) is 2.52. The molecule has 1 aliphatic heterocycles. The highest BCUT2D eigenvalue weighted by Gasteiger charge is 2.25. The van der Waals surface area contributed by atoms with Crippen molar-refractivity contribution in [2.75, 3.05) is 11.9 Å². The number of ether oxygens (including phenoxy) is 1. The Balaban J connectivity index is 2.40. The number of oxime groups is 1. The van der Waals surface area contributed by atoms with E-state index in [-0.39, 0.29) is 12.1 Å². The molecule has 0 aliphatic carbocycles. The third-order valence-corrected chi connectivity index (χ3v) is 2.14. The minimum atomic E-state index is -0.374. The molecule has 0 amide bonds. The number of rotatable bonds is 3. The van der Waals surface area contributed by atoms with Crippen LogP contribution in [0, 0.1) is 0 Å². The van der Waals surface area contributed by atoms with E-state index in [1.807, 2.05) is 0 Å². The van der Waals surface area contributed by atoms with Gasteiger partial charge in [-0.25, -0.2) is 4.79 Å². The molecule has 5 heteroatoms. The van der Waals surface area contributed by atoms with Crippen LogP contribution in [0.3, 0.4) is 0 Å². The summed E-state index contributed by atoms with van der Waals surface area (Å²) in [5.74, 6) is -0.374. The minimum Gasteiger partial charge on any atom is -0.461 e. The lowest BCUT2D eigenvalue weighted by Crippen LogP contribution is -2.18. The predicted octanol–water partition coefficient (Wildman–Crippen LogP) is 1.09. The quantitative estimate of drug-likeness (QED) is 0.544.